The van der Waals surface area contributed by atoms with Gasteiger partial charge in [0.05, 0.1) is 30.6 Å². The average molecular weight is 676 g/mol. The molecule has 8 nitrogen and oxygen atoms in total. The number of aryl methyl sites for hydroxylation is 1. The van der Waals surface area contributed by atoms with Crippen LogP contribution in [0.25, 0.3) is 0 Å². The van der Waals surface area contributed by atoms with Crippen molar-refractivity contribution >= 4 is 46.4 Å². The summed E-state index contributed by atoms with van der Waals surface area (Å²) in [5, 5.41) is 22.5. The molecule has 0 fully saturated rings. The van der Waals surface area contributed by atoms with Gasteiger partial charge in [-0.15, -0.1) is 0 Å². The van der Waals surface area contributed by atoms with E-state index in [9.17, 15) is 24.6 Å². The minimum atomic E-state index is -1.90. The van der Waals surface area contributed by atoms with Crippen molar-refractivity contribution in [2.45, 2.75) is 57.3 Å². The Bertz CT molecular complexity index is 1960. The van der Waals surface area contributed by atoms with Crippen LogP contribution in [0.1, 0.15) is 47.6 Å². The third kappa shape index (κ3) is 5.94. The summed E-state index contributed by atoms with van der Waals surface area (Å²) in [6.07, 6.45) is 5.21. The third-order valence-electron chi connectivity index (χ3n) is 10.1. The fraction of sp³-hybridized carbons (Fsp3) is 0.275. The van der Waals surface area contributed by atoms with Gasteiger partial charge in [0.25, 0.3) is 5.91 Å². The molecule has 0 radical (unpaired) electrons. The Balaban J connectivity index is 1.08. The molecule has 0 spiro atoms. The van der Waals surface area contributed by atoms with Gasteiger partial charge in [-0.3, -0.25) is 19.3 Å². The smallest absolute Gasteiger partial charge is 0.264 e. The van der Waals surface area contributed by atoms with Crippen molar-refractivity contribution in [2.75, 3.05) is 16.4 Å². The molecule has 0 saturated carbocycles. The monoisotopic (exact) mass is 675 g/mol. The van der Waals surface area contributed by atoms with Gasteiger partial charge in [-0.2, -0.15) is 0 Å². The molecule has 2 N–H and O–H groups in total. The summed E-state index contributed by atoms with van der Waals surface area (Å²) in [4.78, 5) is 45.4. The number of hydrogen-bond donors (Lipinski definition) is 2. The highest BCUT2D eigenvalue weighted by Crippen LogP contribution is 2.47. The zero-order valence-corrected chi connectivity index (χ0v) is 28.0. The summed E-state index contributed by atoms with van der Waals surface area (Å²) in [5.74, 6) is -1.26. The van der Waals surface area contributed by atoms with Gasteiger partial charge < -0.3 is 20.0 Å². The molecule has 4 aromatic carbocycles. The lowest BCUT2D eigenvalue weighted by Crippen LogP contribution is -2.46. The standard InChI is InChI=1S/C40H38ClN3O5/c1-26(7-6-12-37(46)42-24-30-10-3-2-9-29(30)21-33(42)25-45)40(49)34-22-31(41)16-19-36(34)43(39(40)48)23-27-13-17-32(18-14-27)44-35-11-5-4-8-28(35)15-20-38(44)47/h2-11,13-14,16-19,22,26,33,45,49H,12,15,20-21,23-25H2,1H3/b7-6+/t26-,33-,40+/m0/s1. The van der Waals surface area contributed by atoms with Gasteiger partial charge >= 0.3 is 0 Å². The fourth-order valence-corrected chi connectivity index (χ4v) is 7.56. The number of carbonyl (C=O) groups is 3. The number of anilines is 3. The van der Waals surface area contributed by atoms with Crippen LogP contribution in [0.4, 0.5) is 17.1 Å². The number of aliphatic hydroxyl groups is 2. The Morgan fingerprint density at radius 2 is 1.65 bits per heavy atom. The molecule has 0 unspecified atom stereocenters. The van der Waals surface area contributed by atoms with Crippen LogP contribution in [0, 0.1) is 5.92 Å². The predicted octanol–water partition coefficient (Wildman–Crippen LogP) is 6.21. The number of para-hydroxylation sites is 1. The number of rotatable bonds is 8. The van der Waals surface area contributed by atoms with Crippen molar-refractivity contribution in [2.24, 2.45) is 5.92 Å². The second kappa shape index (κ2) is 13.3. The highest BCUT2D eigenvalue weighted by atomic mass is 35.5. The van der Waals surface area contributed by atoms with Crippen LogP contribution in [0.5, 0.6) is 0 Å². The van der Waals surface area contributed by atoms with E-state index in [4.69, 9.17) is 11.6 Å². The quantitative estimate of drug-likeness (QED) is 0.216. The van der Waals surface area contributed by atoms with Gasteiger partial charge in [-0.1, -0.05) is 85.3 Å². The summed E-state index contributed by atoms with van der Waals surface area (Å²) in [6.45, 7) is 2.25. The van der Waals surface area contributed by atoms with E-state index in [1.54, 1.807) is 52.0 Å². The predicted molar refractivity (Wildman–Crippen MR) is 189 cm³/mol. The number of amides is 3. The van der Waals surface area contributed by atoms with Crippen LogP contribution < -0.4 is 9.80 Å². The maximum Gasteiger partial charge on any atom is 0.264 e. The summed E-state index contributed by atoms with van der Waals surface area (Å²) >= 11 is 6.38. The zero-order chi connectivity index (χ0) is 34.3. The number of carbonyl (C=O) groups excluding carboxylic acids is 3. The van der Waals surface area contributed by atoms with Crippen LogP contribution >= 0.6 is 11.6 Å². The first-order valence-electron chi connectivity index (χ1n) is 16.7. The van der Waals surface area contributed by atoms with Crippen molar-refractivity contribution < 1.29 is 24.6 Å². The minimum Gasteiger partial charge on any atom is -0.394 e. The fourth-order valence-electron chi connectivity index (χ4n) is 7.39. The van der Waals surface area contributed by atoms with E-state index in [1.807, 2.05) is 72.8 Å². The molecule has 3 amide bonds. The summed E-state index contributed by atoms with van der Waals surface area (Å²) in [6, 6.07) is 28.2. The van der Waals surface area contributed by atoms with Gasteiger partial charge in [0.1, 0.15) is 0 Å². The molecule has 49 heavy (non-hydrogen) atoms. The average Bonchev–Trinajstić information content (AvgIpc) is 3.33. The molecule has 0 aromatic heterocycles. The molecule has 3 aliphatic rings. The number of hydrogen-bond acceptors (Lipinski definition) is 5. The molecule has 250 valence electrons. The zero-order valence-electron chi connectivity index (χ0n) is 27.3. The van der Waals surface area contributed by atoms with Crippen LogP contribution in [-0.2, 0) is 45.9 Å². The lowest BCUT2D eigenvalue weighted by Gasteiger charge is -2.36. The maximum absolute atomic E-state index is 14.1. The molecular weight excluding hydrogens is 638 g/mol. The van der Waals surface area contributed by atoms with E-state index < -0.39 is 17.4 Å². The van der Waals surface area contributed by atoms with Gasteiger partial charge in [-0.25, -0.2) is 0 Å². The third-order valence-corrected chi connectivity index (χ3v) is 10.4. The topological polar surface area (TPSA) is 101 Å². The van der Waals surface area contributed by atoms with E-state index in [0.717, 1.165) is 33.6 Å². The number of benzene rings is 4. The second-order valence-corrected chi connectivity index (χ2v) is 13.5. The number of nitrogens with zero attached hydrogens (tertiary/aromatic N) is 3. The molecule has 0 saturated heterocycles. The van der Waals surface area contributed by atoms with E-state index in [0.29, 0.717) is 42.1 Å². The maximum atomic E-state index is 14.1. The molecule has 3 atom stereocenters. The van der Waals surface area contributed by atoms with Crippen LogP contribution in [-0.4, -0.2) is 45.5 Å². The Labute approximate surface area is 290 Å². The SMILES string of the molecule is C[C@@H](/C=C/CC(=O)N1Cc2ccccc2C[C@H]1CO)[C@]1(O)C(=O)N(Cc2ccc(N3C(=O)CCc4ccccc43)cc2)c2ccc(Cl)cc21. The van der Waals surface area contributed by atoms with E-state index in [-0.39, 0.29) is 37.4 Å². The molecular formula is C40H38ClN3O5. The van der Waals surface area contributed by atoms with Crippen molar-refractivity contribution in [1.29, 1.82) is 0 Å². The van der Waals surface area contributed by atoms with Gasteiger partial charge in [0.2, 0.25) is 11.8 Å². The molecule has 3 heterocycles. The molecule has 9 heteroatoms. The first kappa shape index (κ1) is 32.8. The largest absolute Gasteiger partial charge is 0.394 e. The summed E-state index contributed by atoms with van der Waals surface area (Å²) in [7, 11) is 0. The lowest BCUT2D eigenvalue weighted by molar-refractivity contribution is -0.139. The Morgan fingerprint density at radius 1 is 0.939 bits per heavy atom. The summed E-state index contributed by atoms with van der Waals surface area (Å²) in [5.41, 5.74) is 4.87. The molecule has 4 aromatic rings. The van der Waals surface area contributed by atoms with E-state index in [1.165, 1.54) is 0 Å². The Hall–Kier alpha value is -4.76. The molecule has 0 bridgehead atoms. The first-order chi connectivity index (χ1) is 23.7. The van der Waals surface area contributed by atoms with Crippen molar-refractivity contribution in [3.63, 3.8) is 0 Å². The van der Waals surface area contributed by atoms with E-state index in [2.05, 4.69) is 0 Å². The number of aliphatic hydroxyl groups excluding tert-OH is 1. The number of fused-ring (bicyclic) bond motifs is 3. The summed E-state index contributed by atoms with van der Waals surface area (Å²) < 4.78 is 0. The highest BCUT2D eigenvalue weighted by Gasteiger charge is 2.52. The molecule has 0 aliphatic carbocycles. The first-order valence-corrected chi connectivity index (χ1v) is 17.0. The van der Waals surface area contributed by atoms with Crippen LogP contribution in [0.2, 0.25) is 5.02 Å². The Kier molecular flexibility index (Phi) is 8.88. The van der Waals surface area contributed by atoms with Gasteiger partial charge in [0.15, 0.2) is 5.60 Å². The van der Waals surface area contributed by atoms with Crippen molar-refractivity contribution in [1.82, 2.24) is 4.90 Å². The van der Waals surface area contributed by atoms with Crippen LogP contribution in [0.3, 0.4) is 0 Å². The second-order valence-electron chi connectivity index (χ2n) is 13.1. The highest BCUT2D eigenvalue weighted by molar-refractivity contribution is 6.31. The van der Waals surface area contributed by atoms with E-state index >= 15 is 0 Å². The normalized spacial score (nSPS) is 20.7. The van der Waals surface area contributed by atoms with Crippen molar-refractivity contribution in [3.8, 4) is 0 Å². The number of halogens is 1. The molecule has 3 aliphatic heterocycles. The molecule has 7 rings (SSSR count). The van der Waals surface area contributed by atoms with Crippen LogP contribution in [0.15, 0.2) is 103 Å². The van der Waals surface area contributed by atoms with Crippen molar-refractivity contribution in [3.05, 3.63) is 136 Å². The van der Waals surface area contributed by atoms with Gasteiger partial charge in [-0.05, 0) is 71.5 Å². The minimum absolute atomic E-state index is 0.0373. The lowest BCUT2D eigenvalue weighted by atomic mass is 9.83. The van der Waals surface area contributed by atoms with Gasteiger partial charge in [0, 0.05) is 41.6 Å². The Morgan fingerprint density at radius 3 is 2.41 bits per heavy atom.